The van der Waals surface area contributed by atoms with Gasteiger partial charge in [-0.15, -0.1) is 0 Å². The van der Waals surface area contributed by atoms with Gasteiger partial charge in [-0.05, 0) is 41.0 Å². The van der Waals surface area contributed by atoms with Crippen molar-refractivity contribution in [3.05, 3.63) is 63.9 Å². The van der Waals surface area contributed by atoms with Gasteiger partial charge >= 0.3 is 0 Å². The van der Waals surface area contributed by atoms with E-state index in [1.54, 1.807) is 18.2 Å². The lowest BCUT2D eigenvalue weighted by molar-refractivity contribution is 0.176. The minimum atomic E-state index is -0.780. The standard InChI is InChI=1S/C16H14ClFO2/c17-13-6-11-4-5-20-16(11)12(7-13)9-15(19)10-2-1-3-14(18)8-10/h1-3,6-8,15,19H,4-5,9H2. The van der Waals surface area contributed by atoms with Gasteiger partial charge in [0, 0.05) is 17.9 Å². The Balaban J connectivity index is 1.88. The molecule has 2 aromatic carbocycles. The van der Waals surface area contributed by atoms with Gasteiger partial charge in [-0.2, -0.15) is 0 Å². The molecule has 1 heterocycles. The van der Waals surface area contributed by atoms with Crippen molar-refractivity contribution in [2.75, 3.05) is 6.61 Å². The lowest BCUT2D eigenvalue weighted by Gasteiger charge is -2.14. The van der Waals surface area contributed by atoms with Gasteiger partial charge in [0.15, 0.2) is 0 Å². The van der Waals surface area contributed by atoms with E-state index in [1.807, 2.05) is 6.07 Å². The van der Waals surface area contributed by atoms with Gasteiger partial charge < -0.3 is 9.84 Å². The molecule has 0 aromatic heterocycles. The molecule has 0 fully saturated rings. The second-order valence-corrected chi connectivity index (χ2v) is 5.36. The summed E-state index contributed by atoms with van der Waals surface area (Å²) in [5.41, 5.74) is 2.48. The average Bonchev–Trinajstić information content (AvgIpc) is 2.86. The first-order valence-electron chi connectivity index (χ1n) is 6.51. The number of benzene rings is 2. The van der Waals surface area contributed by atoms with E-state index >= 15 is 0 Å². The predicted octanol–water partition coefficient (Wildman–Crippen LogP) is 3.69. The fourth-order valence-electron chi connectivity index (χ4n) is 2.54. The molecule has 1 unspecified atom stereocenters. The van der Waals surface area contributed by atoms with Gasteiger partial charge in [-0.1, -0.05) is 23.7 Å². The Hall–Kier alpha value is -1.58. The first-order chi connectivity index (χ1) is 9.63. The second kappa shape index (κ2) is 5.43. The molecule has 0 saturated heterocycles. The molecule has 1 atom stereocenters. The Morgan fingerprint density at radius 2 is 2.15 bits per heavy atom. The summed E-state index contributed by atoms with van der Waals surface area (Å²) in [6.07, 6.45) is 0.406. The van der Waals surface area contributed by atoms with Crippen LogP contribution in [0.4, 0.5) is 4.39 Å². The van der Waals surface area contributed by atoms with Crippen LogP contribution >= 0.6 is 11.6 Å². The summed E-state index contributed by atoms with van der Waals surface area (Å²) in [6, 6.07) is 9.69. The van der Waals surface area contributed by atoms with Gasteiger partial charge in [-0.25, -0.2) is 4.39 Å². The molecule has 0 amide bonds. The normalized spacial score (nSPS) is 14.8. The third-order valence-corrected chi connectivity index (χ3v) is 3.69. The highest BCUT2D eigenvalue weighted by molar-refractivity contribution is 6.30. The SMILES string of the molecule is OC(Cc1cc(Cl)cc2c1OCC2)c1cccc(F)c1. The summed E-state index contributed by atoms with van der Waals surface area (Å²) in [7, 11) is 0. The van der Waals surface area contributed by atoms with E-state index in [1.165, 1.54) is 12.1 Å². The van der Waals surface area contributed by atoms with Crippen LogP contribution in [0.3, 0.4) is 0 Å². The van der Waals surface area contributed by atoms with E-state index in [0.29, 0.717) is 23.6 Å². The van der Waals surface area contributed by atoms with Gasteiger partial charge in [0.25, 0.3) is 0 Å². The molecular formula is C16H14ClFO2. The molecule has 0 spiro atoms. The summed E-state index contributed by atoms with van der Waals surface area (Å²) in [4.78, 5) is 0. The smallest absolute Gasteiger partial charge is 0.126 e. The lowest BCUT2D eigenvalue weighted by atomic mass is 9.98. The van der Waals surface area contributed by atoms with Crippen molar-refractivity contribution in [3.63, 3.8) is 0 Å². The first-order valence-corrected chi connectivity index (χ1v) is 6.89. The molecule has 0 radical (unpaired) electrons. The third kappa shape index (κ3) is 2.65. The van der Waals surface area contributed by atoms with Crippen LogP contribution in [-0.4, -0.2) is 11.7 Å². The summed E-state index contributed by atoms with van der Waals surface area (Å²) in [6.45, 7) is 0.638. The monoisotopic (exact) mass is 292 g/mol. The van der Waals surface area contributed by atoms with Crippen LogP contribution in [0.1, 0.15) is 22.8 Å². The van der Waals surface area contributed by atoms with Gasteiger partial charge in [0.1, 0.15) is 11.6 Å². The lowest BCUT2D eigenvalue weighted by Crippen LogP contribution is -2.03. The number of aliphatic hydroxyl groups is 1. The maximum atomic E-state index is 13.2. The largest absolute Gasteiger partial charge is 0.493 e. The van der Waals surface area contributed by atoms with E-state index < -0.39 is 6.10 Å². The molecule has 1 N–H and O–H groups in total. The van der Waals surface area contributed by atoms with Crippen LogP contribution in [0, 0.1) is 5.82 Å². The van der Waals surface area contributed by atoms with E-state index in [-0.39, 0.29) is 5.82 Å². The molecule has 2 nitrogen and oxygen atoms in total. The van der Waals surface area contributed by atoms with Gasteiger partial charge in [0.2, 0.25) is 0 Å². The fraction of sp³-hybridized carbons (Fsp3) is 0.250. The number of rotatable bonds is 3. The van der Waals surface area contributed by atoms with Crippen molar-refractivity contribution >= 4 is 11.6 Å². The quantitative estimate of drug-likeness (QED) is 0.935. The van der Waals surface area contributed by atoms with Gasteiger partial charge in [-0.3, -0.25) is 0 Å². The van der Waals surface area contributed by atoms with Crippen LogP contribution in [0.5, 0.6) is 5.75 Å². The summed E-state index contributed by atoms with van der Waals surface area (Å²) < 4.78 is 18.8. The topological polar surface area (TPSA) is 29.5 Å². The molecule has 1 aliphatic rings. The van der Waals surface area contributed by atoms with E-state index in [2.05, 4.69) is 0 Å². The van der Waals surface area contributed by atoms with E-state index in [0.717, 1.165) is 23.3 Å². The molecule has 2 aromatic rings. The zero-order valence-corrected chi connectivity index (χ0v) is 11.5. The molecule has 4 heteroatoms. The first kappa shape index (κ1) is 13.4. The van der Waals surface area contributed by atoms with Gasteiger partial charge in [0.05, 0.1) is 12.7 Å². The number of hydrogen-bond donors (Lipinski definition) is 1. The summed E-state index contributed by atoms with van der Waals surface area (Å²) in [5.74, 6) is 0.457. The highest BCUT2D eigenvalue weighted by Crippen LogP contribution is 2.35. The predicted molar refractivity (Wildman–Crippen MR) is 75.7 cm³/mol. The van der Waals surface area contributed by atoms with Crippen molar-refractivity contribution in [1.29, 1.82) is 0 Å². The molecule has 1 aliphatic heterocycles. The molecule has 104 valence electrons. The Morgan fingerprint density at radius 1 is 1.30 bits per heavy atom. The van der Waals surface area contributed by atoms with Crippen molar-refractivity contribution in [2.45, 2.75) is 18.9 Å². The number of aliphatic hydroxyl groups excluding tert-OH is 1. The minimum Gasteiger partial charge on any atom is -0.493 e. The van der Waals surface area contributed by atoms with Crippen molar-refractivity contribution in [1.82, 2.24) is 0 Å². The van der Waals surface area contributed by atoms with Crippen LogP contribution < -0.4 is 4.74 Å². The number of hydrogen-bond acceptors (Lipinski definition) is 2. The zero-order chi connectivity index (χ0) is 14.1. The Morgan fingerprint density at radius 3 is 2.95 bits per heavy atom. The van der Waals surface area contributed by atoms with Crippen LogP contribution in [0.25, 0.3) is 0 Å². The van der Waals surface area contributed by atoms with Crippen LogP contribution in [0.2, 0.25) is 5.02 Å². The minimum absolute atomic E-state index is 0.353. The third-order valence-electron chi connectivity index (χ3n) is 3.47. The maximum absolute atomic E-state index is 13.2. The summed E-state index contributed by atoms with van der Waals surface area (Å²) in [5, 5.41) is 10.9. The number of ether oxygens (including phenoxy) is 1. The molecule has 0 aliphatic carbocycles. The number of halogens is 2. The fourth-order valence-corrected chi connectivity index (χ4v) is 2.80. The summed E-state index contributed by atoms with van der Waals surface area (Å²) >= 11 is 6.09. The average molecular weight is 293 g/mol. The highest BCUT2D eigenvalue weighted by Gasteiger charge is 2.20. The van der Waals surface area contributed by atoms with Crippen molar-refractivity contribution in [3.8, 4) is 5.75 Å². The molecule has 20 heavy (non-hydrogen) atoms. The van der Waals surface area contributed by atoms with E-state index in [4.69, 9.17) is 16.3 Å². The van der Waals surface area contributed by atoms with Crippen LogP contribution in [-0.2, 0) is 12.8 Å². The second-order valence-electron chi connectivity index (χ2n) is 4.93. The molecule has 0 bridgehead atoms. The Labute approximate surface area is 121 Å². The van der Waals surface area contributed by atoms with Crippen LogP contribution in [0.15, 0.2) is 36.4 Å². The molecule has 0 saturated carbocycles. The Kier molecular flexibility index (Phi) is 3.64. The number of fused-ring (bicyclic) bond motifs is 1. The van der Waals surface area contributed by atoms with E-state index in [9.17, 15) is 9.50 Å². The maximum Gasteiger partial charge on any atom is 0.126 e. The molecular weight excluding hydrogens is 279 g/mol. The van der Waals surface area contributed by atoms with Crippen molar-refractivity contribution < 1.29 is 14.2 Å². The molecule has 3 rings (SSSR count). The highest BCUT2D eigenvalue weighted by atomic mass is 35.5. The Bertz CT molecular complexity index is 642. The zero-order valence-electron chi connectivity index (χ0n) is 10.8. The van der Waals surface area contributed by atoms with Crippen molar-refractivity contribution in [2.24, 2.45) is 0 Å².